The van der Waals surface area contributed by atoms with Crippen molar-refractivity contribution in [3.63, 3.8) is 0 Å². The molecule has 0 atom stereocenters. The molecule has 1 amide bonds. The second-order valence-corrected chi connectivity index (χ2v) is 4.81. The van der Waals surface area contributed by atoms with E-state index in [1.54, 1.807) is 32.2 Å². The summed E-state index contributed by atoms with van der Waals surface area (Å²) < 4.78 is 5.11. The highest BCUT2D eigenvalue weighted by Crippen LogP contribution is 2.25. The lowest BCUT2D eigenvalue weighted by Crippen LogP contribution is -2.09. The maximum Gasteiger partial charge on any atom is 0.274 e. The Bertz CT molecular complexity index is 769. The number of methoxy groups -OCH3 is 1. The first kappa shape index (κ1) is 16.2. The van der Waals surface area contributed by atoms with Gasteiger partial charge in [0.25, 0.3) is 5.69 Å². The van der Waals surface area contributed by atoms with Crippen molar-refractivity contribution in [2.75, 3.05) is 12.4 Å². The van der Waals surface area contributed by atoms with E-state index in [-0.39, 0.29) is 11.6 Å². The summed E-state index contributed by atoms with van der Waals surface area (Å²) in [6.07, 6.45) is 3.01. The highest BCUT2D eigenvalue weighted by molar-refractivity contribution is 6.02. The number of carbonyl (C=O) groups is 1. The summed E-state index contributed by atoms with van der Waals surface area (Å²) in [6, 6.07) is 11.8. The van der Waals surface area contributed by atoms with Crippen molar-refractivity contribution in [1.29, 1.82) is 0 Å². The van der Waals surface area contributed by atoms with Crippen LogP contribution in [0.15, 0.2) is 48.5 Å². The van der Waals surface area contributed by atoms with E-state index in [1.807, 2.05) is 18.2 Å². The van der Waals surface area contributed by atoms with Crippen molar-refractivity contribution in [1.82, 2.24) is 0 Å². The molecule has 0 bridgehead atoms. The van der Waals surface area contributed by atoms with E-state index in [1.165, 1.54) is 18.2 Å². The molecule has 0 heterocycles. The molecule has 2 rings (SSSR count). The molecule has 0 radical (unpaired) electrons. The van der Waals surface area contributed by atoms with Gasteiger partial charge in [-0.25, -0.2) is 0 Å². The van der Waals surface area contributed by atoms with Crippen molar-refractivity contribution >= 4 is 23.4 Å². The minimum absolute atomic E-state index is 0.0282. The number of nitrogens with one attached hydrogen (secondary N) is 1. The molecular weight excluding hydrogens is 296 g/mol. The predicted molar refractivity (Wildman–Crippen MR) is 88.5 cm³/mol. The molecule has 118 valence electrons. The fourth-order valence-electron chi connectivity index (χ4n) is 2.05. The number of hydrogen-bond acceptors (Lipinski definition) is 4. The Morgan fingerprint density at radius 2 is 2.00 bits per heavy atom. The number of ether oxygens (including phenoxy) is 1. The van der Waals surface area contributed by atoms with Crippen LogP contribution in [0.4, 0.5) is 11.4 Å². The zero-order valence-electron chi connectivity index (χ0n) is 12.8. The van der Waals surface area contributed by atoms with E-state index in [9.17, 15) is 14.9 Å². The summed E-state index contributed by atoms with van der Waals surface area (Å²) >= 11 is 0. The van der Waals surface area contributed by atoms with Crippen molar-refractivity contribution in [3.05, 3.63) is 69.8 Å². The summed E-state index contributed by atoms with van der Waals surface area (Å²) in [6.45, 7) is 1.60. The average molecular weight is 312 g/mol. The predicted octanol–water partition coefficient (Wildman–Crippen LogP) is 3.56. The van der Waals surface area contributed by atoms with Crippen LogP contribution in [0.2, 0.25) is 0 Å². The average Bonchev–Trinajstić information content (AvgIpc) is 2.55. The third kappa shape index (κ3) is 4.16. The number of nitrogens with zero attached hydrogens (tertiary/aromatic N) is 1. The van der Waals surface area contributed by atoms with E-state index < -0.39 is 4.92 Å². The number of rotatable bonds is 5. The third-order valence-electron chi connectivity index (χ3n) is 3.28. The van der Waals surface area contributed by atoms with Crippen LogP contribution in [0, 0.1) is 17.0 Å². The topological polar surface area (TPSA) is 81.5 Å². The van der Waals surface area contributed by atoms with Gasteiger partial charge >= 0.3 is 0 Å². The van der Waals surface area contributed by atoms with E-state index in [2.05, 4.69) is 5.32 Å². The Hall–Kier alpha value is -3.15. The number of benzene rings is 2. The largest absolute Gasteiger partial charge is 0.497 e. The van der Waals surface area contributed by atoms with E-state index in [0.29, 0.717) is 17.0 Å². The number of hydrogen-bond donors (Lipinski definition) is 1. The van der Waals surface area contributed by atoms with Crippen molar-refractivity contribution in [2.24, 2.45) is 0 Å². The Balaban J connectivity index is 2.12. The van der Waals surface area contributed by atoms with Crippen molar-refractivity contribution in [3.8, 4) is 5.75 Å². The molecular formula is C17H16N2O4. The fraction of sp³-hybridized carbons (Fsp3) is 0.118. The highest BCUT2D eigenvalue weighted by Gasteiger charge is 2.13. The van der Waals surface area contributed by atoms with Gasteiger partial charge in [0, 0.05) is 12.1 Å². The first-order valence-electron chi connectivity index (χ1n) is 6.88. The van der Waals surface area contributed by atoms with Gasteiger partial charge in [0.2, 0.25) is 5.91 Å². The monoisotopic (exact) mass is 312 g/mol. The van der Waals surface area contributed by atoms with Crippen LogP contribution in [0.1, 0.15) is 11.1 Å². The molecule has 0 spiro atoms. The molecule has 1 N–H and O–H groups in total. The molecule has 0 aliphatic heterocycles. The normalized spacial score (nSPS) is 10.5. The maximum atomic E-state index is 12.0. The molecule has 0 aliphatic rings. The summed E-state index contributed by atoms with van der Waals surface area (Å²) in [5.74, 6) is 0.332. The van der Waals surface area contributed by atoms with Gasteiger partial charge in [0.1, 0.15) is 5.75 Å². The van der Waals surface area contributed by atoms with Gasteiger partial charge in [-0.1, -0.05) is 18.2 Å². The standard InChI is InChI=1S/C17H16N2O4/c1-12-15(7-4-8-16(12)19(21)22)18-17(20)10-9-13-5-3-6-14(11-13)23-2/h3-11H,1-2H3,(H,18,20)/b10-9+. The van der Waals surface area contributed by atoms with Gasteiger partial charge in [0.05, 0.1) is 23.3 Å². The van der Waals surface area contributed by atoms with E-state index in [4.69, 9.17) is 4.74 Å². The number of nitro benzene ring substituents is 1. The number of anilines is 1. The van der Waals surface area contributed by atoms with Crippen LogP contribution < -0.4 is 10.1 Å². The van der Waals surface area contributed by atoms with E-state index in [0.717, 1.165) is 5.56 Å². The summed E-state index contributed by atoms with van der Waals surface area (Å²) in [4.78, 5) is 22.4. The molecule has 23 heavy (non-hydrogen) atoms. The van der Waals surface area contributed by atoms with Gasteiger partial charge in [-0.15, -0.1) is 0 Å². The Morgan fingerprint density at radius 1 is 1.26 bits per heavy atom. The quantitative estimate of drug-likeness (QED) is 0.520. The van der Waals surface area contributed by atoms with Gasteiger partial charge in [-0.2, -0.15) is 0 Å². The van der Waals surface area contributed by atoms with Crippen LogP contribution in [-0.2, 0) is 4.79 Å². The third-order valence-corrected chi connectivity index (χ3v) is 3.28. The summed E-state index contributed by atoms with van der Waals surface area (Å²) in [7, 11) is 1.57. The Kier molecular flexibility index (Phi) is 5.09. The summed E-state index contributed by atoms with van der Waals surface area (Å²) in [5.41, 5.74) is 1.62. The van der Waals surface area contributed by atoms with Gasteiger partial charge in [-0.05, 0) is 36.8 Å². The van der Waals surface area contributed by atoms with Crippen LogP contribution >= 0.6 is 0 Å². The second kappa shape index (κ2) is 7.22. The van der Waals surface area contributed by atoms with Crippen LogP contribution in [0.5, 0.6) is 5.75 Å². The molecule has 0 fully saturated rings. The molecule has 2 aromatic carbocycles. The second-order valence-electron chi connectivity index (χ2n) is 4.81. The molecule has 6 nitrogen and oxygen atoms in total. The van der Waals surface area contributed by atoms with E-state index >= 15 is 0 Å². The number of amides is 1. The van der Waals surface area contributed by atoms with Crippen LogP contribution in [-0.4, -0.2) is 17.9 Å². The zero-order valence-corrected chi connectivity index (χ0v) is 12.8. The number of carbonyl (C=O) groups excluding carboxylic acids is 1. The minimum atomic E-state index is -0.475. The van der Waals surface area contributed by atoms with Gasteiger partial charge in [-0.3, -0.25) is 14.9 Å². The zero-order chi connectivity index (χ0) is 16.8. The Labute approximate surface area is 133 Å². The molecule has 0 unspecified atom stereocenters. The smallest absolute Gasteiger partial charge is 0.274 e. The SMILES string of the molecule is COc1cccc(/C=C/C(=O)Nc2cccc([N+](=O)[O-])c2C)c1. The molecule has 0 aliphatic carbocycles. The first-order valence-corrected chi connectivity index (χ1v) is 6.88. The molecule has 6 heteroatoms. The lowest BCUT2D eigenvalue weighted by atomic mass is 10.1. The maximum absolute atomic E-state index is 12.0. The molecule has 2 aromatic rings. The van der Waals surface area contributed by atoms with Crippen molar-refractivity contribution in [2.45, 2.75) is 6.92 Å². The molecule has 0 aromatic heterocycles. The lowest BCUT2D eigenvalue weighted by molar-refractivity contribution is -0.385. The molecule has 0 saturated carbocycles. The first-order chi connectivity index (χ1) is 11.0. The van der Waals surface area contributed by atoms with Gasteiger partial charge < -0.3 is 10.1 Å². The van der Waals surface area contributed by atoms with Gasteiger partial charge in [0.15, 0.2) is 0 Å². The number of nitro groups is 1. The van der Waals surface area contributed by atoms with Crippen LogP contribution in [0.25, 0.3) is 6.08 Å². The Morgan fingerprint density at radius 3 is 2.70 bits per heavy atom. The van der Waals surface area contributed by atoms with Crippen LogP contribution in [0.3, 0.4) is 0 Å². The van der Waals surface area contributed by atoms with Crippen molar-refractivity contribution < 1.29 is 14.5 Å². The fourth-order valence-corrected chi connectivity index (χ4v) is 2.05. The highest BCUT2D eigenvalue weighted by atomic mass is 16.6. The summed E-state index contributed by atoms with van der Waals surface area (Å²) in [5, 5.41) is 13.5. The minimum Gasteiger partial charge on any atom is -0.497 e. The molecule has 0 saturated heterocycles. The lowest BCUT2D eigenvalue weighted by Gasteiger charge is -2.06.